The maximum atomic E-state index is 11.7. The molecule has 0 aromatic carbocycles. The van der Waals surface area contributed by atoms with Crippen LogP contribution in [0, 0.1) is 5.41 Å². The number of hydrogen-bond acceptors (Lipinski definition) is 2. The van der Waals surface area contributed by atoms with Crippen LogP contribution in [0.5, 0.6) is 0 Å². The molecule has 2 aliphatic rings. The quantitative estimate of drug-likeness (QED) is 0.740. The molecule has 2 heterocycles. The van der Waals surface area contributed by atoms with E-state index in [0.29, 0.717) is 11.3 Å². The second-order valence-corrected chi connectivity index (χ2v) is 5.02. The fourth-order valence-electron chi connectivity index (χ4n) is 2.95. The van der Waals surface area contributed by atoms with Crippen LogP contribution in [0.4, 0.5) is 0 Å². The molecule has 3 heteroatoms. The zero-order valence-corrected chi connectivity index (χ0v) is 12.0. The molecule has 2 saturated heterocycles. The van der Waals surface area contributed by atoms with Crippen molar-refractivity contribution in [2.75, 3.05) is 32.7 Å². The number of piperidine rings is 1. The molecule has 0 aromatic rings. The van der Waals surface area contributed by atoms with Gasteiger partial charge in [-0.3, -0.25) is 4.79 Å². The Morgan fingerprint density at radius 1 is 1.12 bits per heavy atom. The SMILES string of the molecule is CC.CCN1CCC2(CC1)CC(=O)N(CC)C2. The van der Waals surface area contributed by atoms with Crippen molar-refractivity contribution in [1.82, 2.24) is 9.80 Å². The second-order valence-electron chi connectivity index (χ2n) is 5.02. The molecule has 1 amide bonds. The highest BCUT2D eigenvalue weighted by atomic mass is 16.2. The summed E-state index contributed by atoms with van der Waals surface area (Å²) in [5.41, 5.74) is 0.332. The van der Waals surface area contributed by atoms with E-state index in [1.807, 2.05) is 18.7 Å². The molecule has 0 saturated carbocycles. The summed E-state index contributed by atoms with van der Waals surface area (Å²) in [5, 5.41) is 0. The minimum Gasteiger partial charge on any atom is -0.342 e. The van der Waals surface area contributed by atoms with Gasteiger partial charge in [0.15, 0.2) is 0 Å². The lowest BCUT2D eigenvalue weighted by molar-refractivity contribution is -0.127. The van der Waals surface area contributed by atoms with E-state index in [9.17, 15) is 4.79 Å². The average molecular weight is 240 g/mol. The molecule has 0 aliphatic carbocycles. The van der Waals surface area contributed by atoms with Crippen LogP contribution in [0.3, 0.4) is 0 Å². The van der Waals surface area contributed by atoms with E-state index in [2.05, 4.69) is 18.7 Å². The topological polar surface area (TPSA) is 23.6 Å². The van der Waals surface area contributed by atoms with E-state index >= 15 is 0 Å². The van der Waals surface area contributed by atoms with E-state index in [-0.39, 0.29) is 0 Å². The molecule has 0 N–H and O–H groups in total. The van der Waals surface area contributed by atoms with Crippen molar-refractivity contribution in [2.45, 2.75) is 47.0 Å². The molecular formula is C14H28N2O. The first-order valence-corrected chi connectivity index (χ1v) is 7.19. The molecule has 2 fully saturated rings. The van der Waals surface area contributed by atoms with Crippen molar-refractivity contribution in [2.24, 2.45) is 5.41 Å². The lowest BCUT2D eigenvalue weighted by atomic mass is 9.77. The summed E-state index contributed by atoms with van der Waals surface area (Å²) < 4.78 is 0. The van der Waals surface area contributed by atoms with E-state index in [1.165, 1.54) is 25.9 Å². The minimum absolute atomic E-state index is 0.332. The molecule has 17 heavy (non-hydrogen) atoms. The number of rotatable bonds is 2. The first-order chi connectivity index (χ1) is 8.19. The van der Waals surface area contributed by atoms with Gasteiger partial charge >= 0.3 is 0 Å². The molecule has 2 aliphatic heterocycles. The summed E-state index contributed by atoms with van der Waals surface area (Å²) in [6, 6.07) is 0. The van der Waals surface area contributed by atoms with E-state index < -0.39 is 0 Å². The van der Waals surface area contributed by atoms with Gasteiger partial charge in [-0.25, -0.2) is 0 Å². The summed E-state index contributed by atoms with van der Waals surface area (Å²) in [5.74, 6) is 0.377. The number of nitrogens with zero attached hydrogens (tertiary/aromatic N) is 2. The summed E-state index contributed by atoms with van der Waals surface area (Å²) in [6.45, 7) is 13.7. The highest BCUT2D eigenvalue weighted by molar-refractivity contribution is 5.79. The number of likely N-dealkylation sites (tertiary alicyclic amines) is 2. The van der Waals surface area contributed by atoms with Crippen LogP contribution in [-0.2, 0) is 4.79 Å². The van der Waals surface area contributed by atoms with Crippen molar-refractivity contribution < 1.29 is 4.79 Å². The van der Waals surface area contributed by atoms with Gasteiger partial charge in [-0.15, -0.1) is 0 Å². The standard InChI is InChI=1S/C12H22N2O.C2H6/c1-3-13-7-5-12(6-8-13)9-11(15)14(4-2)10-12;1-2/h3-10H2,1-2H3;1-2H3. The van der Waals surface area contributed by atoms with Gasteiger partial charge in [0.2, 0.25) is 5.91 Å². The van der Waals surface area contributed by atoms with Gasteiger partial charge in [0.05, 0.1) is 0 Å². The average Bonchev–Trinajstić information content (AvgIpc) is 2.69. The Hall–Kier alpha value is -0.570. The van der Waals surface area contributed by atoms with Crippen molar-refractivity contribution in [3.8, 4) is 0 Å². The first kappa shape index (κ1) is 14.5. The van der Waals surface area contributed by atoms with Gasteiger partial charge in [0.1, 0.15) is 0 Å². The van der Waals surface area contributed by atoms with Gasteiger partial charge < -0.3 is 9.80 Å². The van der Waals surface area contributed by atoms with Crippen molar-refractivity contribution in [3.05, 3.63) is 0 Å². The molecule has 0 atom stereocenters. The summed E-state index contributed by atoms with van der Waals surface area (Å²) in [7, 11) is 0. The highest BCUT2D eigenvalue weighted by Crippen LogP contribution is 2.40. The van der Waals surface area contributed by atoms with Gasteiger partial charge in [-0.1, -0.05) is 20.8 Å². The Balaban J connectivity index is 0.000000686. The molecule has 0 radical (unpaired) electrons. The Morgan fingerprint density at radius 2 is 1.71 bits per heavy atom. The van der Waals surface area contributed by atoms with Gasteiger partial charge in [0.25, 0.3) is 0 Å². The largest absolute Gasteiger partial charge is 0.342 e. The van der Waals surface area contributed by atoms with Crippen LogP contribution < -0.4 is 0 Å². The van der Waals surface area contributed by atoms with E-state index in [0.717, 1.165) is 26.1 Å². The third kappa shape index (κ3) is 3.21. The van der Waals surface area contributed by atoms with Crippen molar-refractivity contribution >= 4 is 5.91 Å². The fraction of sp³-hybridized carbons (Fsp3) is 0.929. The highest BCUT2D eigenvalue weighted by Gasteiger charge is 2.43. The number of carbonyl (C=O) groups is 1. The zero-order valence-electron chi connectivity index (χ0n) is 12.0. The summed E-state index contributed by atoms with van der Waals surface area (Å²) in [6.07, 6.45) is 3.23. The van der Waals surface area contributed by atoms with Gasteiger partial charge in [-0.2, -0.15) is 0 Å². The van der Waals surface area contributed by atoms with Gasteiger partial charge in [-0.05, 0) is 44.8 Å². The lowest BCUT2D eigenvalue weighted by Crippen LogP contribution is -2.41. The molecule has 1 spiro atoms. The van der Waals surface area contributed by atoms with Crippen LogP contribution in [0.1, 0.15) is 47.0 Å². The molecule has 0 unspecified atom stereocenters. The van der Waals surface area contributed by atoms with Crippen LogP contribution in [0.15, 0.2) is 0 Å². The normalized spacial score (nSPS) is 23.8. The predicted molar refractivity (Wildman–Crippen MR) is 72.0 cm³/mol. The van der Waals surface area contributed by atoms with Crippen LogP contribution >= 0.6 is 0 Å². The molecule has 0 aromatic heterocycles. The Kier molecular flexibility index (Phi) is 5.44. The van der Waals surface area contributed by atoms with E-state index in [1.54, 1.807) is 0 Å². The summed E-state index contributed by atoms with van der Waals surface area (Å²) in [4.78, 5) is 16.3. The third-order valence-corrected chi connectivity index (χ3v) is 4.15. The van der Waals surface area contributed by atoms with Crippen molar-refractivity contribution in [3.63, 3.8) is 0 Å². The molecular weight excluding hydrogens is 212 g/mol. The molecule has 3 nitrogen and oxygen atoms in total. The van der Waals surface area contributed by atoms with E-state index in [4.69, 9.17) is 0 Å². The number of hydrogen-bond donors (Lipinski definition) is 0. The van der Waals surface area contributed by atoms with Crippen LogP contribution in [0.2, 0.25) is 0 Å². The Labute approximate surface area is 106 Å². The summed E-state index contributed by atoms with van der Waals surface area (Å²) >= 11 is 0. The Morgan fingerprint density at radius 3 is 2.12 bits per heavy atom. The monoisotopic (exact) mass is 240 g/mol. The molecule has 0 bridgehead atoms. The number of amides is 1. The maximum absolute atomic E-state index is 11.7. The molecule has 2 rings (SSSR count). The second kappa shape index (κ2) is 6.39. The minimum atomic E-state index is 0.332. The van der Waals surface area contributed by atoms with Crippen LogP contribution in [-0.4, -0.2) is 48.4 Å². The number of carbonyl (C=O) groups excluding carboxylic acids is 1. The zero-order chi connectivity index (χ0) is 12.9. The fourth-order valence-corrected chi connectivity index (χ4v) is 2.95. The maximum Gasteiger partial charge on any atom is 0.223 e. The smallest absolute Gasteiger partial charge is 0.223 e. The Bertz CT molecular complexity index is 245. The van der Waals surface area contributed by atoms with Gasteiger partial charge in [0, 0.05) is 19.5 Å². The lowest BCUT2D eigenvalue weighted by Gasteiger charge is -2.38. The molecule has 100 valence electrons. The van der Waals surface area contributed by atoms with Crippen LogP contribution in [0.25, 0.3) is 0 Å². The third-order valence-electron chi connectivity index (χ3n) is 4.15. The first-order valence-electron chi connectivity index (χ1n) is 7.19. The van der Waals surface area contributed by atoms with Crippen molar-refractivity contribution in [1.29, 1.82) is 0 Å². The predicted octanol–water partition coefficient (Wildman–Crippen LogP) is 2.37.